The predicted molar refractivity (Wildman–Crippen MR) is 135 cm³/mol. The molecule has 0 saturated heterocycles. The lowest BCUT2D eigenvalue weighted by atomic mass is 10.0. The molecule has 0 aliphatic carbocycles. The van der Waals surface area contributed by atoms with Gasteiger partial charge in [0.1, 0.15) is 0 Å². The van der Waals surface area contributed by atoms with E-state index in [9.17, 15) is 4.79 Å². The molecule has 0 bridgehead atoms. The summed E-state index contributed by atoms with van der Waals surface area (Å²) in [6.45, 7) is 1.36. The van der Waals surface area contributed by atoms with Gasteiger partial charge in [0.25, 0.3) is 5.91 Å². The van der Waals surface area contributed by atoms with E-state index in [0.717, 1.165) is 24.3 Å². The number of halogens is 1. The van der Waals surface area contributed by atoms with Gasteiger partial charge in [-0.1, -0.05) is 78.9 Å². The minimum atomic E-state index is -0.0340. The smallest absolute Gasteiger partial charge is 0.251 e. The predicted octanol–water partition coefficient (Wildman–Crippen LogP) is 6.42. The van der Waals surface area contributed by atoms with Crippen LogP contribution in [0.4, 0.5) is 11.4 Å². The monoisotopic (exact) mass is 442 g/mol. The fourth-order valence-corrected chi connectivity index (χ4v) is 3.68. The summed E-state index contributed by atoms with van der Waals surface area (Å²) in [5, 5.41) is 3.04. The van der Waals surface area contributed by atoms with Crippen molar-refractivity contribution in [1.82, 2.24) is 5.32 Å². The second kappa shape index (κ2) is 11.7. The molecule has 0 unspecified atom stereocenters. The van der Waals surface area contributed by atoms with Crippen molar-refractivity contribution in [2.45, 2.75) is 13.0 Å². The lowest BCUT2D eigenvalue weighted by molar-refractivity contribution is 0.0954. The summed E-state index contributed by atoms with van der Waals surface area (Å²) in [6.07, 6.45) is 0.784. The summed E-state index contributed by atoms with van der Waals surface area (Å²) < 4.78 is 0. The lowest BCUT2D eigenvalue weighted by Gasteiger charge is -2.26. The molecule has 0 aliphatic heterocycles. The molecule has 1 amide bonds. The quantitative estimate of drug-likeness (QED) is 0.341. The minimum absolute atomic E-state index is 0. The zero-order valence-electron chi connectivity index (χ0n) is 17.9. The van der Waals surface area contributed by atoms with E-state index in [1.807, 2.05) is 42.5 Å². The second-order valence-corrected chi connectivity index (χ2v) is 7.40. The van der Waals surface area contributed by atoms with Crippen LogP contribution in [-0.2, 0) is 13.0 Å². The molecule has 4 aromatic rings. The number of para-hydroxylation sites is 2. The first-order valence-corrected chi connectivity index (χ1v) is 10.6. The third-order valence-electron chi connectivity index (χ3n) is 5.30. The van der Waals surface area contributed by atoms with Crippen LogP contribution in [0, 0.1) is 0 Å². The Bertz CT molecular complexity index is 1060. The van der Waals surface area contributed by atoms with Gasteiger partial charge in [-0.3, -0.25) is 4.79 Å². The summed E-state index contributed by atoms with van der Waals surface area (Å²) in [7, 11) is 0. The summed E-state index contributed by atoms with van der Waals surface area (Å²) in [4.78, 5) is 14.7. The summed E-state index contributed by atoms with van der Waals surface area (Å²) >= 11 is 0. The molecule has 3 nitrogen and oxygen atoms in total. The molecule has 0 fully saturated rings. The molecule has 0 radical (unpaired) electrons. The van der Waals surface area contributed by atoms with Crippen LogP contribution in [0.5, 0.6) is 0 Å². The van der Waals surface area contributed by atoms with Crippen LogP contribution in [0.15, 0.2) is 115 Å². The zero-order chi connectivity index (χ0) is 21.3. The third kappa shape index (κ3) is 5.99. The summed E-state index contributed by atoms with van der Waals surface area (Å²) in [6, 6.07) is 38.7. The van der Waals surface area contributed by atoms with E-state index in [1.165, 1.54) is 11.1 Å². The van der Waals surface area contributed by atoms with Gasteiger partial charge in [0.15, 0.2) is 0 Å². The fourth-order valence-electron chi connectivity index (χ4n) is 3.68. The van der Waals surface area contributed by atoms with Crippen LogP contribution in [0.25, 0.3) is 0 Å². The van der Waals surface area contributed by atoms with Crippen molar-refractivity contribution >= 4 is 29.7 Å². The van der Waals surface area contributed by atoms with Crippen molar-refractivity contribution in [3.05, 3.63) is 132 Å². The van der Waals surface area contributed by atoms with Crippen LogP contribution in [0.2, 0.25) is 0 Å². The maximum Gasteiger partial charge on any atom is 0.251 e. The van der Waals surface area contributed by atoms with Crippen LogP contribution < -0.4 is 10.2 Å². The molecule has 0 atom stereocenters. The standard InChI is InChI=1S/C28H26N2O.ClH/c31-28(24-13-4-1-5-14-24)29-21-20-23-12-10-11-15-25(23)22-30(26-16-6-2-7-17-26)27-18-8-3-9-19-27;/h1-19H,20-22H2,(H,29,31);1H. The van der Waals surface area contributed by atoms with Crippen molar-refractivity contribution < 1.29 is 4.79 Å². The molecule has 162 valence electrons. The summed E-state index contributed by atoms with van der Waals surface area (Å²) in [5.41, 5.74) is 5.49. The van der Waals surface area contributed by atoms with Crippen molar-refractivity contribution in [2.24, 2.45) is 0 Å². The van der Waals surface area contributed by atoms with E-state index >= 15 is 0 Å². The van der Waals surface area contributed by atoms with Crippen molar-refractivity contribution in [1.29, 1.82) is 0 Å². The highest BCUT2D eigenvalue weighted by Gasteiger charge is 2.12. The number of amides is 1. The molecular formula is C28H27ClN2O. The minimum Gasteiger partial charge on any atom is -0.352 e. The Morgan fingerprint density at radius 2 is 1.09 bits per heavy atom. The fraction of sp³-hybridized carbons (Fsp3) is 0.107. The van der Waals surface area contributed by atoms with Crippen molar-refractivity contribution in [3.8, 4) is 0 Å². The number of nitrogens with one attached hydrogen (secondary N) is 1. The Hall–Kier alpha value is -3.56. The van der Waals surface area contributed by atoms with E-state index in [4.69, 9.17) is 0 Å². The first-order chi connectivity index (χ1) is 15.3. The van der Waals surface area contributed by atoms with Gasteiger partial charge in [-0.2, -0.15) is 0 Å². The highest BCUT2D eigenvalue weighted by atomic mass is 35.5. The molecule has 32 heavy (non-hydrogen) atoms. The van der Waals surface area contributed by atoms with E-state index in [2.05, 4.69) is 83.0 Å². The number of carbonyl (C=O) groups excluding carboxylic acids is 1. The molecule has 0 heterocycles. The number of benzene rings is 4. The lowest BCUT2D eigenvalue weighted by Crippen LogP contribution is -2.26. The maximum atomic E-state index is 12.3. The van der Waals surface area contributed by atoms with E-state index in [0.29, 0.717) is 12.1 Å². The van der Waals surface area contributed by atoms with Gasteiger partial charge in [-0.25, -0.2) is 0 Å². The molecule has 0 spiro atoms. The topological polar surface area (TPSA) is 32.3 Å². The second-order valence-electron chi connectivity index (χ2n) is 7.40. The highest BCUT2D eigenvalue weighted by Crippen LogP contribution is 2.28. The van der Waals surface area contributed by atoms with Crippen LogP contribution in [0.1, 0.15) is 21.5 Å². The van der Waals surface area contributed by atoms with Gasteiger partial charge in [0.05, 0.1) is 0 Å². The Kier molecular flexibility index (Phi) is 8.47. The number of anilines is 2. The van der Waals surface area contributed by atoms with Crippen molar-refractivity contribution in [3.63, 3.8) is 0 Å². The number of hydrogen-bond acceptors (Lipinski definition) is 2. The average molecular weight is 443 g/mol. The molecule has 4 rings (SSSR count). The zero-order valence-corrected chi connectivity index (χ0v) is 18.7. The molecule has 0 aromatic heterocycles. The maximum absolute atomic E-state index is 12.3. The van der Waals surface area contributed by atoms with Gasteiger partial charge in [-0.05, 0) is 53.9 Å². The van der Waals surface area contributed by atoms with Crippen LogP contribution >= 0.6 is 12.4 Å². The molecule has 0 aliphatic rings. The first-order valence-electron chi connectivity index (χ1n) is 10.6. The Morgan fingerprint density at radius 1 is 0.625 bits per heavy atom. The van der Waals surface area contributed by atoms with Crippen molar-refractivity contribution in [2.75, 3.05) is 11.4 Å². The third-order valence-corrected chi connectivity index (χ3v) is 5.30. The molecule has 0 saturated carbocycles. The number of hydrogen-bond donors (Lipinski definition) is 1. The number of nitrogens with zero attached hydrogens (tertiary/aromatic N) is 1. The molecular weight excluding hydrogens is 416 g/mol. The van der Waals surface area contributed by atoms with E-state index in [-0.39, 0.29) is 18.3 Å². The van der Waals surface area contributed by atoms with E-state index in [1.54, 1.807) is 0 Å². The van der Waals surface area contributed by atoms with E-state index < -0.39 is 0 Å². The molecule has 4 aromatic carbocycles. The average Bonchev–Trinajstić information content (AvgIpc) is 2.85. The SMILES string of the molecule is Cl.O=C(NCCc1ccccc1CN(c1ccccc1)c1ccccc1)c1ccccc1. The van der Waals surface area contributed by atoms with Gasteiger partial charge in [-0.15, -0.1) is 12.4 Å². The Labute approximate surface area is 196 Å². The van der Waals surface area contributed by atoms with Gasteiger partial charge >= 0.3 is 0 Å². The highest BCUT2D eigenvalue weighted by molar-refractivity contribution is 5.94. The normalized spacial score (nSPS) is 10.1. The number of carbonyl (C=O) groups is 1. The molecule has 1 N–H and O–H groups in total. The summed E-state index contributed by atoms with van der Waals surface area (Å²) in [5.74, 6) is -0.0340. The van der Waals surface area contributed by atoms with Crippen LogP contribution in [0.3, 0.4) is 0 Å². The number of rotatable bonds is 8. The van der Waals surface area contributed by atoms with Gasteiger partial charge in [0.2, 0.25) is 0 Å². The first kappa shape index (κ1) is 23.1. The van der Waals surface area contributed by atoms with Gasteiger partial charge < -0.3 is 10.2 Å². The Balaban J connectivity index is 0.00000289. The van der Waals surface area contributed by atoms with Gasteiger partial charge in [0, 0.05) is 30.0 Å². The Morgan fingerprint density at radius 3 is 1.66 bits per heavy atom. The van der Waals surface area contributed by atoms with Crippen LogP contribution in [-0.4, -0.2) is 12.5 Å². The molecule has 4 heteroatoms. The largest absolute Gasteiger partial charge is 0.352 e.